The van der Waals surface area contributed by atoms with E-state index >= 15 is 0 Å². The predicted molar refractivity (Wildman–Crippen MR) is 74.3 cm³/mol. The lowest BCUT2D eigenvalue weighted by atomic mass is 10.3. The molecule has 2 rings (SSSR count). The number of aromatic nitrogens is 1. The van der Waals surface area contributed by atoms with Crippen molar-refractivity contribution in [3.63, 3.8) is 0 Å². The Kier molecular flexibility index (Phi) is 4.49. The summed E-state index contributed by atoms with van der Waals surface area (Å²) in [5.41, 5.74) is 2.57. The first kappa shape index (κ1) is 12.5. The summed E-state index contributed by atoms with van der Waals surface area (Å²) in [6.45, 7) is 1.98. The Hall–Kier alpha value is -0.950. The highest BCUT2D eigenvalue weighted by molar-refractivity contribution is 7.15. The number of thiazole rings is 1. The van der Waals surface area contributed by atoms with Crippen LogP contribution in [0.5, 0.6) is 0 Å². The number of hydrogen-bond acceptors (Lipinski definition) is 6. The molecule has 0 saturated carbocycles. The Morgan fingerprint density at radius 2 is 2.35 bits per heavy atom. The minimum atomic E-state index is 0.770. The Morgan fingerprint density at radius 1 is 1.47 bits per heavy atom. The lowest BCUT2D eigenvalue weighted by Crippen LogP contribution is -2.19. The first-order valence-corrected chi connectivity index (χ1v) is 7.10. The average molecular weight is 268 g/mol. The zero-order valence-electron chi connectivity index (χ0n) is 9.72. The van der Waals surface area contributed by atoms with E-state index in [1.54, 1.807) is 11.3 Å². The fraction of sp³-hybridized carbons (Fsp3) is 0.364. The monoisotopic (exact) mass is 268 g/mol. The number of hydrazine groups is 1. The van der Waals surface area contributed by atoms with Crippen LogP contribution >= 0.6 is 22.7 Å². The summed E-state index contributed by atoms with van der Waals surface area (Å²) in [4.78, 5) is 9.12. The van der Waals surface area contributed by atoms with Gasteiger partial charge >= 0.3 is 0 Å². The van der Waals surface area contributed by atoms with Crippen LogP contribution in [0.3, 0.4) is 0 Å². The molecule has 0 fully saturated rings. The summed E-state index contributed by atoms with van der Waals surface area (Å²) in [6.07, 6.45) is 2.98. The molecule has 2 aromatic heterocycles. The molecule has 0 saturated heterocycles. The molecule has 4 nitrogen and oxygen atoms in total. The van der Waals surface area contributed by atoms with Crippen molar-refractivity contribution in [3.05, 3.63) is 33.5 Å². The van der Waals surface area contributed by atoms with Crippen molar-refractivity contribution < 1.29 is 0 Å². The number of nitrogen functional groups attached to an aromatic ring is 1. The minimum absolute atomic E-state index is 0.770. The summed E-state index contributed by atoms with van der Waals surface area (Å²) in [5.74, 6) is 5.30. The molecule has 6 heteroatoms. The van der Waals surface area contributed by atoms with E-state index in [1.807, 2.05) is 17.5 Å². The van der Waals surface area contributed by atoms with Gasteiger partial charge in [0.25, 0.3) is 0 Å². The molecule has 0 radical (unpaired) electrons. The van der Waals surface area contributed by atoms with Crippen LogP contribution in [0.15, 0.2) is 23.7 Å². The number of nitrogens with two attached hydrogens (primary N) is 1. The van der Waals surface area contributed by atoms with E-state index in [0.717, 1.165) is 24.6 Å². The van der Waals surface area contributed by atoms with Crippen molar-refractivity contribution in [2.45, 2.75) is 13.0 Å². The molecule has 0 bridgehead atoms. The van der Waals surface area contributed by atoms with Crippen molar-refractivity contribution in [1.29, 1.82) is 0 Å². The highest BCUT2D eigenvalue weighted by Crippen LogP contribution is 2.18. The zero-order valence-corrected chi connectivity index (χ0v) is 11.4. The lowest BCUT2D eigenvalue weighted by molar-refractivity contribution is 0.335. The number of anilines is 1. The zero-order chi connectivity index (χ0) is 12.1. The second kappa shape index (κ2) is 6.11. The molecule has 0 aliphatic carbocycles. The smallest absolute Gasteiger partial charge is 0.197 e. The molecule has 0 amide bonds. The topological polar surface area (TPSA) is 54.2 Å². The summed E-state index contributed by atoms with van der Waals surface area (Å²) in [6, 6.07) is 4.28. The maximum Gasteiger partial charge on any atom is 0.197 e. The molecule has 2 aromatic rings. The minimum Gasteiger partial charge on any atom is -0.301 e. The highest BCUT2D eigenvalue weighted by Gasteiger charge is 2.05. The van der Waals surface area contributed by atoms with Crippen LogP contribution in [0, 0.1) is 0 Å². The second-order valence-electron chi connectivity index (χ2n) is 3.84. The maximum absolute atomic E-state index is 5.30. The van der Waals surface area contributed by atoms with Gasteiger partial charge in [0.1, 0.15) is 0 Å². The first-order chi connectivity index (χ1) is 8.28. The van der Waals surface area contributed by atoms with Crippen LogP contribution in [-0.4, -0.2) is 23.5 Å². The number of likely N-dealkylation sites (N-methyl/N-ethyl adjacent to an activating group) is 1. The third-order valence-corrected chi connectivity index (χ3v) is 4.27. The van der Waals surface area contributed by atoms with Gasteiger partial charge < -0.3 is 4.90 Å². The van der Waals surface area contributed by atoms with Gasteiger partial charge in [0.2, 0.25) is 0 Å². The molecule has 17 heavy (non-hydrogen) atoms. The molecule has 0 aliphatic heterocycles. The van der Waals surface area contributed by atoms with E-state index in [-0.39, 0.29) is 0 Å². The number of thiophene rings is 1. The van der Waals surface area contributed by atoms with Gasteiger partial charge in [0.05, 0.1) is 0 Å². The van der Waals surface area contributed by atoms with Crippen molar-refractivity contribution in [3.8, 4) is 0 Å². The summed E-state index contributed by atoms with van der Waals surface area (Å²) >= 11 is 3.41. The third kappa shape index (κ3) is 3.78. The normalized spacial score (nSPS) is 11.0. The van der Waals surface area contributed by atoms with Crippen molar-refractivity contribution in [2.75, 3.05) is 19.0 Å². The molecule has 0 atom stereocenters. The SMILES string of the molecule is CN(CCc1cccs1)Cc1cnc(NN)s1. The van der Waals surface area contributed by atoms with Crippen LogP contribution in [0.1, 0.15) is 9.75 Å². The quantitative estimate of drug-likeness (QED) is 0.623. The first-order valence-electron chi connectivity index (χ1n) is 5.40. The molecule has 0 unspecified atom stereocenters. The van der Waals surface area contributed by atoms with Crippen molar-refractivity contribution in [2.24, 2.45) is 5.84 Å². The Morgan fingerprint density at radius 3 is 3.00 bits per heavy atom. The molecule has 0 spiro atoms. The second-order valence-corrected chi connectivity index (χ2v) is 5.99. The van der Waals surface area contributed by atoms with Gasteiger partial charge in [-0.25, -0.2) is 10.8 Å². The highest BCUT2D eigenvalue weighted by atomic mass is 32.1. The number of rotatable bonds is 6. The van der Waals surface area contributed by atoms with Crippen LogP contribution in [0.2, 0.25) is 0 Å². The van der Waals surface area contributed by atoms with Gasteiger partial charge in [-0.05, 0) is 24.9 Å². The van der Waals surface area contributed by atoms with Gasteiger partial charge in [-0.1, -0.05) is 17.4 Å². The Balaban J connectivity index is 1.78. The van der Waals surface area contributed by atoms with Crippen molar-refractivity contribution in [1.82, 2.24) is 9.88 Å². The Bertz CT molecular complexity index is 438. The fourth-order valence-corrected chi connectivity index (χ4v) is 3.05. The molecule has 3 N–H and O–H groups in total. The van der Waals surface area contributed by atoms with Gasteiger partial charge in [0.15, 0.2) is 5.13 Å². The average Bonchev–Trinajstić information content (AvgIpc) is 2.97. The molecule has 2 heterocycles. The van der Waals surface area contributed by atoms with E-state index in [0.29, 0.717) is 0 Å². The van der Waals surface area contributed by atoms with Crippen molar-refractivity contribution >= 4 is 27.8 Å². The van der Waals surface area contributed by atoms with E-state index in [9.17, 15) is 0 Å². The van der Waals surface area contributed by atoms with Crippen LogP contribution in [0.25, 0.3) is 0 Å². The van der Waals surface area contributed by atoms with E-state index in [1.165, 1.54) is 9.75 Å². The maximum atomic E-state index is 5.30. The summed E-state index contributed by atoms with van der Waals surface area (Å²) in [7, 11) is 2.13. The fourth-order valence-electron chi connectivity index (χ4n) is 1.55. The van der Waals surface area contributed by atoms with Crippen LogP contribution < -0.4 is 11.3 Å². The molecular weight excluding hydrogens is 252 g/mol. The number of hydrogen-bond donors (Lipinski definition) is 2. The molecule has 0 aromatic carbocycles. The number of nitrogens with one attached hydrogen (secondary N) is 1. The van der Waals surface area contributed by atoms with E-state index in [4.69, 9.17) is 5.84 Å². The van der Waals surface area contributed by atoms with E-state index in [2.05, 4.69) is 39.9 Å². The molecule has 92 valence electrons. The van der Waals surface area contributed by atoms with Gasteiger partial charge in [-0.3, -0.25) is 5.43 Å². The Labute approximate surface area is 109 Å². The van der Waals surface area contributed by atoms with Gasteiger partial charge in [0, 0.05) is 29.0 Å². The lowest BCUT2D eigenvalue weighted by Gasteiger charge is -2.14. The van der Waals surface area contributed by atoms with Crippen LogP contribution in [-0.2, 0) is 13.0 Å². The third-order valence-electron chi connectivity index (χ3n) is 2.42. The predicted octanol–water partition coefficient (Wildman–Crippen LogP) is 2.16. The standard InChI is InChI=1S/C11H16N4S2/c1-15(5-4-9-3-2-6-16-9)8-10-7-13-11(14-12)17-10/h2-3,6-7H,4-5,8,12H2,1H3,(H,13,14). The van der Waals surface area contributed by atoms with Gasteiger partial charge in [-0.15, -0.1) is 11.3 Å². The number of nitrogens with zero attached hydrogens (tertiary/aromatic N) is 2. The van der Waals surface area contributed by atoms with E-state index < -0.39 is 0 Å². The van der Waals surface area contributed by atoms with Gasteiger partial charge in [-0.2, -0.15) is 0 Å². The largest absolute Gasteiger partial charge is 0.301 e. The molecule has 0 aliphatic rings. The van der Waals surface area contributed by atoms with Crippen LogP contribution in [0.4, 0.5) is 5.13 Å². The summed E-state index contributed by atoms with van der Waals surface area (Å²) in [5, 5.41) is 2.89. The molecular formula is C11H16N4S2. The summed E-state index contributed by atoms with van der Waals surface area (Å²) < 4.78 is 0.